The third-order valence-corrected chi connectivity index (χ3v) is 4.23. The average Bonchev–Trinajstić information content (AvgIpc) is 2.38. The van der Waals surface area contributed by atoms with Gasteiger partial charge < -0.3 is 9.84 Å². The van der Waals surface area contributed by atoms with Crippen molar-refractivity contribution in [2.45, 2.75) is 30.9 Å². The molecule has 0 saturated heterocycles. The Bertz CT molecular complexity index is 563. The molecular formula is C12H17F2NO4S. The van der Waals surface area contributed by atoms with Crippen molar-refractivity contribution in [2.75, 3.05) is 13.7 Å². The van der Waals surface area contributed by atoms with E-state index in [1.54, 1.807) is 6.92 Å². The van der Waals surface area contributed by atoms with E-state index in [1.807, 2.05) is 0 Å². The molecule has 0 amide bonds. The van der Waals surface area contributed by atoms with Crippen LogP contribution in [0.5, 0.6) is 0 Å². The van der Waals surface area contributed by atoms with Gasteiger partial charge in [0.2, 0.25) is 10.0 Å². The standard InChI is InChI=1S/C12H17F2NO4S/c1-8(3-4-19-2)15-20(17,18)11-6-9(7-16)5-10(13)12(11)14/h5-6,8,15-16H,3-4,7H2,1-2H3. The quantitative estimate of drug-likeness (QED) is 0.792. The van der Waals surface area contributed by atoms with Crippen LogP contribution in [0.1, 0.15) is 18.9 Å². The predicted molar refractivity (Wildman–Crippen MR) is 68.6 cm³/mol. The Hall–Kier alpha value is -1.09. The molecule has 0 aliphatic carbocycles. The molecular weight excluding hydrogens is 292 g/mol. The van der Waals surface area contributed by atoms with Crippen molar-refractivity contribution >= 4 is 10.0 Å². The summed E-state index contributed by atoms with van der Waals surface area (Å²) in [6.45, 7) is 1.33. The molecule has 0 bridgehead atoms. The molecule has 1 aromatic carbocycles. The molecule has 1 unspecified atom stereocenters. The smallest absolute Gasteiger partial charge is 0.243 e. The average molecular weight is 309 g/mol. The lowest BCUT2D eigenvalue weighted by Crippen LogP contribution is -2.34. The summed E-state index contributed by atoms with van der Waals surface area (Å²) in [6.07, 6.45) is 0.388. The number of sulfonamides is 1. The number of benzene rings is 1. The van der Waals surface area contributed by atoms with Crippen LogP contribution in [0, 0.1) is 11.6 Å². The van der Waals surface area contributed by atoms with Crippen LogP contribution in [-0.2, 0) is 21.4 Å². The minimum atomic E-state index is -4.21. The van der Waals surface area contributed by atoms with E-state index >= 15 is 0 Å². The number of hydrogen-bond donors (Lipinski definition) is 2. The number of aliphatic hydroxyl groups excluding tert-OH is 1. The van der Waals surface area contributed by atoms with Gasteiger partial charge in [0.1, 0.15) is 4.90 Å². The predicted octanol–water partition coefficient (Wildman–Crippen LogP) is 1.16. The van der Waals surface area contributed by atoms with Crippen LogP contribution in [0.2, 0.25) is 0 Å². The van der Waals surface area contributed by atoms with E-state index < -0.39 is 39.2 Å². The molecule has 2 N–H and O–H groups in total. The molecule has 0 aromatic heterocycles. The highest BCUT2D eigenvalue weighted by Gasteiger charge is 2.24. The highest BCUT2D eigenvalue weighted by atomic mass is 32.2. The monoisotopic (exact) mass is 309 g/mol. The fourth-order valence-corrected chi connectivity index (χ4v) is 3.00. The zero-order chi connectivity index (χ0) is 15.3. The Morgan fingerprint density at radius 3 is 2.60 bits per heavy atom. The molecule has 114 valence electrons. The first-order valence-electron chi connectivity index (χ1n) is 5.92. The van der Waals surface area contributed by atoms with Gasteiger partial charge in [-0.15, -0.1) is 0 Å². The number of halogens is 2. The normalized spacial score (nSPS) is 13.4. The van der Waals surface area contributed by atoms with E-state index in [0.717, 1.165) is 12.1 Å². The molecule has 0 aliphatic heterocycles. The van der Waals surface area contributed by atoms with Crippen LogP contribution < -0.4 is 4.72 Å². The number of ether oxygens (including phenoxy) is 1. The van der Waals surface area contributed by atoms with Crippen LogP contribution in [0.15, 0.2) is 17.0 Å². The lowest BCUT2D eigenvalue weighted by Gasteiger charge is -2.15. The fraction of sp³-hybridized carbons (Fsp3) is 0.500. The molecule has 1 rings (SSSR count). The number of hydrogen-bond acceptors (Lipinski definition) is 4. The lowest BCUT2D eigenvalue weighted by atomic mass is 10.2. The van der Waals surface area contributed by atoms with E-state index in [4.69, 9.17) is 9.84 Å². The zero-order valence-electron chi connectivity index (χ0n) is 11.2. The summed E-state index contributed by atoms with van der Waals surface area (Å²) in [6, 6.07) is 1.16. The minimum Gasteiger partial charge on any atom is -0.392 e. The van der Waals surface area contributed by atoms with Crippen molar-refractivity contribution in [3.8, 4) is 0 Å². The summed E-state index contributed by atoms with van der Waals surface area (Å²) < 4.78 is 58.0. The van der Waals surface area contributed by atoms with Crippen molar-refractivity contribution < 1.29 is 27.0 Å². The van der Waals surface area contributed by atoms with E-state index in [1.165, 1.54) is 7.11 Å². The van der Waals surface area contributed by atoms with Gasteiger partial charge >= 0.3 is 0 Å². The van der Waals surface area contributed by atoms with Crippen molar-refractivity contribution in [3.63, 3.8) is 0 Å². The first-order chi connectivity index (χ1) is 9.31. The highest BCUT2D eigenvalue weighted by molar-refractivity contribution is 7.89. The second-order valence-corrected chi connectivity index (χ2v) is 6.03. The first kappa shape index (κ1) is 17.0. The zero-order valence-corrected chi connectivity index (χ0v) is 12.0. The van der Waals surface area contributed by atoms with E-state index in [2.05, 4.69) is 4.72 Å². The maximum Gasteiger partial charge on any atom is 0.243 e. The summed E-state index contributed by atoms with van der Waals surface area (Å²) >= 11 is 0. The Kier molecular flexibility index (Phi) is 6.00. The van der Waals surface area contributed by atoms with Gasteiger partial charge in [-0.25, -0.2) is 21.9 Å². The maximum absolute atomic E-state index is 13.6. The molecule has 0 radical (unpaired) electrons. The van der Waals surface area contributed by atoms with Gasteiger partial charge in [-0.3, -0.25) is 0 Å². The summed E-state index contributed by atoms with van der Waals surface area (Å²) in [5, 5.41) is 8.92. The maximum atomic E-state index is 13.6. The Morgan fingerprint density at radius 1 is 1.40 bits per heavy atom. The summed E-state index contributed by atoms with van der Waals surface area (Å²) in [7, 11) is -2.73. The van der Waals surface area contributed by atoms with Crippen molar-refractivity contribution in [2.24, 2.45) is 0 Å². The van der Waals surface area contributed by atoms with Crippen molar-refractivity contribution in [3.05, 3.63) is 29.3 Å². The fourth-order valence-electron chi connectivity index (χ4n) is 1.59. The van der Waals surface area contributed by atoms with E-state index in [-0.39, 0.29) is 5.56 Å². The van der Waals surface area contributed by atoms with E-state index in [9.17, 15) is 17.2 Å². The number of methoxy groups -OCH3 is 1. The van der Waals surface area contributed by atoms with Crippen LogP contribution in [0.3, 0.4) is 0 Å². The molecule has 0 aliphatic rings. The SMILES string of the molecule is COCCC(C)NS(=O)(=O)c1cc(CO)cc(F)c1F. The molecule has 0 saturated carbocycles. The third-order valence-electron chi connectivity index (χ3n) is 2.64. The van der Waals surface area contributed by atoms with Crippen molar-refractivity contribution in [1.82, 2.24) is 4.72 Å². The van der Waals surface area contributed by atoms with Crippen LogP contribution >= 0.6 is 0 Å². The van der Waals surface area contributed by atoms with Gasteiger partial charge in [-0.2, -0.15) is 0 Å². The number of aliphatic hydroxyl groups is 1. The molecule has 0 fully saturated rings. The van der Waals surface area contributed by atoms with Gasteiger partial charge in [-0.1, -0.05) is 0 Å². The Morgan fingerprint density at radius 2 is 2.05 bits per heavy atom. The molecule has 1 aromatic rings. The Balaban J connectivity index is 3.06. The van der Waals surface area contributed by atoms with Crippen molar-refractivity contribution in [1.29, 1.82) is 0 Å². The largest absolute Gasteiger partial charge is 0.392 e. The van der Waals surface area contributed by atoms with E-state index in [0.29, 0.717) is 13.0 Å². The van der Waals surface area contributed by atoms with Crippen LogP contribution in [0.25, 0.3) is 0 Å². The van der Waals surface area contributed by atoms with Crippen LogP contribution in [0.4, 0.5) is 8.78 Å². The second kappa shape index (κ2) is 7.07. The Labute approximate surface area is 116 Å². The second-order valence-electron chi connectivity index (χ2n) is 4.35. The lowest BCUT2D eigenvalue weighted by molar-refractivity contribution is 0.188. The molecule has 20 heavy (non-hydrogen) atoms. The summed E-state index contributed by atoms with van der Waals surface area (Å²) in [4.78, 5) is -0.814. The number of nitrogens with one attached hydrogen (secondary N) is 1. The molecule has 5 nitrogen and oxygen atoms in total. The summed E-state index contributed by atoms with van der Waals surface area (Å²) in [5.74, 6) is -2.78. The van der Waals surface area contributed by atoms with Gasteiger partial charge in [0.15, 0.2) is 11.6 Å². The number of rotatable bonds is 7. The first-order valence-corrected chi connectivity index (χ1v) is 7.40. The van der Waals surface area contributed by atoms with Crippen LogP contribution in [-0.4, -0.2) is 33.3 Å². The van der Waals surface area contributed by atoms with Gasteiger partial charge in [-0.05, 0) is 31.0 Å². The molecule has 0 heterocycles. The van der Waals surface area contributed by atoms with Gasteiger partial charge in [0.25, 0.3) is 0 Å². The summed E-state index contributed by atoms with van der Waals surface area (Å²) in [5.41, 5.74) is -0.0196. The molecule has 0 spiro atoms. The molecule has 8 heteroatoms. The molecule has 1 atom stereocenters. The minimum absolute atomic E-state index is 0.0196. The topological polar surface area (TPSA) is 75.6 Å². The highest BCUT2D eigenvalue weighted by Crippen LogP contribution is 2.20. The van der Waals surface area contributed by atoms with Gasteiger partial charge in [0, 0.05) is 19.8 Å². The van der Waals surface area contributed by atoms with Gasteiger partial charge in [0.05, 0.1) is 6.61 Å². The third kappa shape index (κ3) is 4.20.